The van der Waals surface area contributed by atoms with Gasteiger partial charge in [0.2, 0.25) is 0 Å². The Bertz CT molecular complexity index is 66.5. The zero-order valence-electron chi connectivity index (χ0n) is 4.86. The summed E-state index contributed by atoms with van der Waals surface area (Å²) in [7, 11) is 1.88. The Morgan fingerprint density at radius 3 is 2.57 bits per heavy atom. The van der Waals surface area contributed by atoms with Gasteiger partial charge in [0.25, 0.3) is 0 Å². The molecule has 0 aliphatic heterocycles. The molecule has 0 radical (unpaired) electrons. The maximum absolute atomic E-state index is 5.19. The highest BCUT2D eigenvalue weighted by Gasteiger charge is 1.74. The summed E-state index contributed by atoms with van der Waals surface area (Å²) in [6.07, 6.45) is 1.93. The molecule has 42 valence electrons. The summed E-state index contributed by atoms with van der Waals surface area (Å²) in [6, 6.07) is 0. The van der Waals surface area contributed by atoms with Crippen molar-refractivity contribution in [3.8, 4) is 0 Å². The van der Waals surface area contributed by atoms with E-state index in [1.165, 1.54) is 0 Å². The van der Waals surface area contributed by atoms with Crippen molar-refractivity contribution in [2.75, 3.05) is 13.6 Å². The fraction of sp³-hybridized carbons (Fsp3) is 0.600. The van der Waals surface area contributed by atoms with Gasteiger partial charge in [0.15, 0.2) is 0 Å². The van der Waals surface area contributed by atoms with Gasteiger partial charge in [-0.2, -0.15) is 0 Å². The number of rotatable bonds is 2. The molecular weight excluding hydrogens is 88.1 g/mol. The Hall–Kier alpha value is -0.500. The Balaban J connectivity index is 3.29. The van der Waals surface area contributed by atoms with Gasteiger partial charge < -0.3 is 11.1 Å². The summed E-state index contributed by atoms with van der Waals surface area (Å²) in [5.41, 5.74) is 6.32. The summed E-state index contributed by atoms with van der Waals surface area (Å²) >= 11 is 0. The van der Waals surface area contributed by atoms with E-state index in [1.807, 2.05) is 20.0 Å². The van der Waals surface area contributed by atoms with Gasteiger partial charge in [0.05, 0.1) is 0 Å². The van der Waals surface area contributed by atoms with Gasteiger partial charge >= 0.3 is 0 Å². The zero-order valence-corrected chi connectivity index (χ0v) is 4.86. The first-order chi connectivity index (χ1) is 3.31. The van der Waals surface area contributed by atoms with E-state index in [0.29, 0.717) is 6.54 Å². The first kappa shape index (κ1) is 6.50. The first-order valence-electron chi connectivity index (χ1n) is 2.36. The normalized spacial score (nSPS) is 11.6. The quantitative estimate of drug-likeness (QED) is 0.515. The fourth-order valence-electron chi connectivity index (χ4n) is 0.279. The molecule has 2 heteroatoms. The highest BCUT2D eigenvalue weighted by atomic mass is 14.8. The van der Waals surface area contributed by atoms with Crippen molar-refractivity contribution in [3.05, 3.63) is 11.8 Å². The molecule has 0 saturated heterocycles. The van der Waals surface area contributed by atoms with Crippen LogP contribution in [0.15, 0.2) is 11.8 Å². The molecule has 0 saturated carbocycles. The van der Waals surface area contributed by atoms with Crippen LogP contribution in [0.2, 0.25) is 0 Å². The van der Waals surface area contributed by atoms with Crippen LogP contribution in [-0.4, -0.2) is 13.6 Å². The molecule has 0 fully saturated rings. The Labute approximate surface area is 44.4 Å². The number of nitrogens with one attached hydrogen (secondary N) is 1. The molecule has 0 bridgehead atoms. The first-order valence-corrected chi connectivity index (χ1v) is 2.36. The number of hydrogen-bond donors (Lipinski definition) is 2. The van der Waals surface area contributed by atoms with Crippen molar-refractivity contribution in [2.24, 2.45) is 5.73 Å². The molecule has 0 aromatic rings. The topological polar surface area (TPSA) is 38.0 Å². The SMILES string of the molecule is CNC(C)=CCN. The van der Waals surface area contributed by atoms with Gasteiger partial charge in [-0.1, -0.05) is 6.08 Å². The molecular formula is C5H12N2. The average molecular weight is 100 g/mol. The van der Waals surface area contributed by atoms with E-state index < -0.39 is 0 Å². The highest BCUT2D eigenvalue weighted by molar-refractivity contribution is 4.94. The van der Waals surface area contributed by atoms with Gasteiger partial charge in [-0.15, -0.1) is 0 Å². The molecule has 0 heterocycles. The van der Waals surface area contributed by atoms with E-state index in [1.54, 1.807) is 0 Å². The molecule has 0 amide bonds. The standard InChI is InChI=1S/C5H12N2/c1-5(7-2)3-4-6/h3,7H,4,6H2,1-2H3. The van der Waals surface area contributed by atoms with Crippen LogP contribution in [0.25, 0.3) is 0 Å². The lowest BCUT2D eigenvalue weighted by Crippen LogP contribution is -2.04. The molecule has 0 rings (SSSR count). The van der Waals surface area contributed by atoms with Crippen LogP contribution in [0.1, 0.15) is 6.92 Å². The molecule has 3 N–H and O–H groups in total. The molecule has 2 nitrogen and oxygen atoms in total. The van der Waals surface area contributed by atoms with Gasteiger partial charge in [-0.3, -0.25) is 0 Å². The summed E-state index contributed by atoms with van der Waals surface area (Å²) in [5, 5.41) is 2.95. The molecule has 7 heavy (non-hydrogen) atoms. The van der Waals surface area contributed by atoms with Crippen molar-refractivity contribution in [3.63, 3.8) is 0 Å². The third-order valence-electron chi connectivity index (χ3n) is 0.818. The summed E-state index contributed by atoms with van der Waals surface area (Å²) in [5.74, 6) is 0. The van der Waals surface area contributed by atoms with Crippen molar-refractivity contribution in [1.82, 2.24) is 5.32 Å². The second kappa shape index (κ2) is 3.68. The smallest absolute Gasteiger partial charge is 0.0126 e. The second-order valence-electron chi connectivity index (χ2n) is 1.37. The monoisotopic (exact) mass is 100 g/mol. The minimum atomic E-state index is 0.618. The number of allylic oxidation sites excluding steroid dienone is 1. The maximum Gasteiger partial charge on any atom is 0.0126 e. The lowest BCUT2D eigenvalue weighted by molar-refractivity contribution is 0.973. The van der Waals surface area contributed by atoms with Gasteiger partial charge in [0, 0.05) is 19.3 Å². The van der Waals surface area contributed by atoms with Crippen molar-refractivity contribution in [1.29, 1.82) is 0 Å². The number of nitrogens with two attached hydrogens (primary N) is 1. The van der Waals surface area contributed by atoms with Crippen LogP contribution in [0.5, 0.6) is 0 Å². The molecule has 0 aromatic heterocycles. The molecule has 0 unspecified atom stereocenters. The molecule has 0 aliphatic rings. The van der Waals surface area contributed by atoms with E-state index >= 15 is 0 Å². The average Bonchev–Trinajstić information content (AvgIpc) is 1.68. The van der Waals surface area contributed by atoms with Crippen LogP contribution < -0.4 is 11.1 Å². The van der Waals surface area contributed by atoms with Crippen molar-refractivity contribution < 1.29 is 0 Å². The predicted octanol–water partition coefficient (Wildman–Crippen LogP) is 0.0683. The van der Waals surface area contributed by atoms with E-state index in [2.05, 4.69) is 5.32 Å². The lowest BCUT2D eigenvalue weighted by Gasteiger charge is -1.93. The largest absolute Gasteiger partial charge is 0.392 e. The van der Waals surface area contributed by atoms with Crippen molar-refractivity contribution in [2.45, 2.75) is 6.92 Å². The van der Waals surface area contributed by atoms with Crippen LogP contribution in [0, 0.1) is 0 Å². The second-order valence-corrected chi connectivity index (χ2v) is 1.37. The Kier molecular flexibility index (Phi) is 3.42. The molecule has 0 aromatic carbocycles. The minimum absolute atomic E-state index is 0.618. The van der Waals surface area contributed by atoms with Gasteiger partial charge in [-0.05, 0) is 6.92 Å². The zero-order chi connectivity index (χ0) is 5.70. The maximum atomic E-state index is 5.19. The molecule has 0 aliphatic carbocycles. The van der Waals surface area contributed by atoms with Crippen LogP contribution >= 0.6 is 0 Å². The third kappa shape index (κ3) is 3.33. The fourth-order valence-corrected chi connectivity index (χ4v) is 0.279. The third-order valence-corrected chi connectivity index (χ3v) is 0.818. The van der Waals surface area contributed by atoms with Crippen LogP contribution in [0.4, 0.5) is 0 Å². The highest BCUT2D eigenvalue weighted by Crippen LogP contribution is 1.78. The van der Waals surface area contributed by atoms with E-state index in [0.717, 1.165) is 5.70 Å². The van der Waals surface area contributed by atoms with E-state index in [4.69, 9.17) is 5.73 Å². The molecule has 0 atom stereocenters. The Morgan fingerprint density at radius 2 is 2.43 bits per heavy atom. The van der Waals surface area contributed by atoms with E-state index in [-0.39, 0.29) is 0 Å². The molecule has 0 spiro atoms. The van der Waals surface area contributed by atoms with Gasteiger partial charge in [0.1, 0.15) is 0 Å². The van der Waals surface area contributed by atoms with Crippen LogP contribution in [0.3, 0.4) is 0 Å². The Morgan fingerprint density at radius 1 is 1.86 bits per heavy atom. The predicted molar refractivity (Wildman–Crippen MR) is 31.9 cm³/mol. The summed E-state index contributed by atoms with van der Waals surface area (Å²) in [4.78, 5) is 0. The van der Waals surface area contributed by atoms with Gasteiger partial charge in [-0.25, -0.2) is 0 Å². The summed E-state index contributed by atoms with van der Waals surface area (Å²) in [6.45, 7) is 2.60. The minimum Gasteiger partial charge on any atom is -0.392 e. The number of hydrogen-bond acceptors (Lipinski definition) is 2. The van der Waals surface area contributed by atoms with Crippen molar-refractivity contribution >= 4 is 0 Å². The lowest BCUT2D eigenvalue weighted by atomic mass is 10.4. The van der Waals surface area contributed by atoms with E-state index in [9.17, 15) is 0 Å². The summed E-state index contributed by atoms with van der Waals surface area (Å²) < 4.78 is 0. The van der Waals surface area contributed by atoms with Crippen LogP contribution in [-0.2, 0) is 0 Å².